The zero-order chi connectivity index (χ0) is 14.4. The van der Waals surface area contributed by atoms with Crippen LogP contribution in [-0.2, 0) is 13.0 Å². The average Bonchev–Trinajstić information content (AvgIpc) is 2.90. The summed E-state index contributed by atoms with van der Waals surface area (Å²) in [6, 6.07) is 6.48. The van der Waals surface area contributed by atoms with Crippen molar-refractivity contribution in [3.05, 3.63) is 34.1 Å². The third-order valence-electron chi connectivity index (χ3n) is 2.72. The number of rotatable bonds is 7. The van der Waals surface area contributed by atoms with Crippen LogP contribution in [0.2, 0.25) is 0 Å². The smallest absolute Gasteiger partial charge is 0.174 e. The van der Waals surface area contributed by atoms with Gasteiger partial charge in [0.2, 0.25) is 0 Å². The molecule has 0 aliphatic heterocycles. The number of benzene rings is 1. The van der Waals surface area contributed by atoms with Crippen molar-refractivity contribution in [1.82, 2.24) is 14.7 Å². The van der Waals surface area contributed by atoms with Crippen molar-refractivity contribution in [1.29, 1.82) is 0 Å². The molecule has 0 aliphatic rings. The van der Waals surface area contributed by atoms with E-state index < -0.39 is 0 Å². The molecule has 0 amide bonds. The maximum absolute atomic E-state index is 4.49. The Balaban J connectivity index is 2.01. The van der Waals surface area contributed by atoms with Gasteiger partial charge in [0.15, 0.2) is 4.34 Å². The lowest BCUT2D eigenvalue weighted by molar-refractivity contribution is 0.675. The van der Waals surface area contributed by atoms with E-state index in [1.165, 1.54) is 22.0 Å². The molecule has 108 valence electrons. The molecule has 20 heavy (non-hydrogen) atoms. The van der Waals surface area contributed by atoms with E-state index in [0.717, 1.165) is 40.6 Å². The Kier molecular flexibility index (Phi) is 6.48. The second kappa shape index (κ2) is 8.12. The summed E-state index contributed by atoms with van der Waals surface area (Å²) in [5, 5.41) is 3.41. The highest BCUT2D eigenvalue weighted by Crippen LogP contribution is 2.34. The van der Waals surface area contributed by atoms with Gasteiger partial charge in [0.05, 0.1) is 0 Å². The molecule has 1 heterocycles. The van der Waals surface area contributed by atoms with Gasteiger partial charge in [-0.1, -0.05) is 31.7 Å². The van der Waals surface area contributed by atoms with E-state index in [1.54, 1.807) is 11.8 Å². The second-order valence-electron chi connectivity index (χ2n) is 4.37. The fourth-order valence-corrected chi connectivity index (χ4v) is 3.99. The number of hydrogen-bond acceptors (Lipinski definition) is 5. The Hall–Kier alpha value is -0.430. The van der Waals surface area contributed by atoms with E-state index in [0.29, 0.717) is 0 Å². The summed E-state index contributed by atoms with van der Waals surface area (Å²) in [5.41, 5.74) is 1.29. The van der Waals surface area contributed by atoms with Gasteiger partial charge < -0.3 is 5.32 Å². The lowest BCUT2D eigenvalue weighted by Crippen LogP contribution is -2.13. The monoisotopic (exact) mass is 371 g/mol. The van der Waals surface area contributed by atoms with E-state index >= 15 is 0 Å². The van der Waals surface area contributed by atoms with Crippen molar-refractivity contribution in [2.24, 2.45) is 0 Å². The summed E-state index contributed by atoms with van der Waals surface area (Å²) in [6.07, 6.45) is 2.05. The molecule has 1 aromatic carbocycles. The van der Waals surface area contributed by atoms with Crippen LogP contribution in [0.25, 0.3) is 0 Å². The minimum atomic E-state index is 0.889. The van der Waals surface area contributed by atoms with Crippen molar-refractivity contribution < 1.29 is 0 Å². The van der Waals surface area contributed by atoms with E-state index in [1.807, 2.05) is 0 Å². The highest BCUT2D eigenvalue weighted by Gasteiger charge is 2.08. The molecule has 2 aromatic rings. The lowest BCUT2D eigenvalue weighted by atomic mass is 10.2. The summed E-state index contributed by atoms with van der Waals surface area (Å²) >= 11 is 6.78. The normalized spacial score (nSPS) is 10.9. The number of nitrogens with one attached hydrogen (secondary N) is 1. The lowest BCUT2D eigenvalue weighted by Gasteiger charge is -2.06. The maximum atomic E-state index is 4.49. The predicted octanol–water partition coefficient (Wildman–Crippen LogP) is 4.51. The van der Waals surface area contributed by atoms with Crippen LogP contribution in [0.1, 0.15) is 31.7 Å². The molecule has 0 radical (unpaired) electrons. The minimum absolute atomic E-state index is 0.889. The fraction of sp³-hybridized carbons (Fsp3) is 0.429. The van der Waals surface area contributed by atoms with Gasteiger partial charge in [0, 0.05) is 22.3 Å². The number of aromatic nitrogens is 2. The van der Waals surface area contributed by atoms with Crippen molar-refractivity contribution in [2.45, 2.75) is 42.5 Å². The first kappa shape index (κ1) is 15.9. The Morgan fingerprint density at radius 1 is 1.35 bits per heavy atom. The van der Waals surface area contributed by atoms with Crippen LogP contribution in [0.15, 0.2) is 31.9 Å². The first-order valence-electron chi connectivity index (χ1n) is 6.72. The molecule has 0 spiro atoms. The van der Waals surface area contributed by atoms with E-state index in [-0.39, 0.29) is 0 Å². The summed E-state index contributed by atoms with van der Waals surface area (Å²) in [7, 11) is 0. The number of hydrogen-bond donors (Lipinski definition) is 1. The van der Waals surface area contributed by atoms with Crippen LogP contribution in [0.5, 0.6) is 0 Å². The van der Waals surface area contributed by atoms with E-state index in [4.69, 9.17) is 0 Å². The van der Waals surface area contributed by atoms with Gasteiger partial charge in [-0.05, 0) is 58.1 Å². The number of halogens is 1. The second-order valence-corrected chi connectivity index (χ2v) is 7.27. The van der Waals surface area contributed by atoms with E-state index in [9.17, 15) is 0 Å². The first-order chi connectivity index (χ1) is 9.72. The largest absolute Gasteiger partial charge is 0.313 e. The molecule has 0 saturated carbocycles. The molecule has 2 rings (SSSR count). The molecule has 1 N–H and O–H groups in total. The summed E-state index contributed by atoms with van der Waals surface area (Å²) < 4.78 is 6.43. The molecule has 0 unspecified atom stereocenters. The molecule has 0 aliphatic carbocycles. The number of aryl methyl sites for hydroxylation is 1. The Bertz CT molecular complexity index is 557. The third-order valence-corrected chi connectivity index (χ3v) is 5.50. The van der Waals surface area contributed by atoms with Gasteiger partial charge in [-0.25, -0.2) is 4.98 Å². The standard InChI is InChI=1S/C14H18BrN3S2/c1-3-7-16-9-10-5-6-12(11(15)8-10)19-14-17-13(4-2)18-20-14/h5-6,8,16H,3-4,7,9H2,1-2H3. The van der Waals surface area contributed by atoms with Crippen LogP contribution >= 0.6 is 39.2 Å². The summed E-state index contributed by atoms with van der Waals surface area (Å²) in [5.74, 6) is 0.925. The van der Waals surface area contributed by atoms with Crippen LogP contribution in [-0.4, -0.2) is 15.9 Å². The molecular formula is C14H18BrN3S2. The SMILES string of the molecule is CCCNCc1ccc(Sc2nc(CC)ns2)c(Br)c1. The molecule has 0 saturated heterocycles. The molecule has 0 fully saturated rings. The first-order valence-corrected chi connectivity index (χ1v) is 9.10. The van der Waals surface area contributed by atoms with Gasteiger partial charge in [0.1, 0.15) is 5.82 Å². The molecule has 1 aromatic heterocycles. The average molecular weight is 372 g/mol. The van der Waals surface area contributed by atoms with Crippen LogP contribution < -0.4 is 5.32 Å². The van der Waals surface area contributed by atoms with Gasteiger partial charge in [-0.15, -0.1) is 0 Å². The third kappa shape index (κ3) is 4.55. The van der Waals surface area contributed by atoms with Crippen LogP contribution in [0, 0.1) is 0 Å². The molecular weight excluding hydrogens is 354 g/mol. The van der Waals surface area contributed by atoms with Crippen LogP contribution in [0.4, 0.5) is 0 Å². The highest BCUT2D eigenvalue weighted by molar-refractivity contribution is 9.10. The molecule has 0 atom stereocenters. The van der Waals surface area contributed by atoms with Crippen molar-refractivity contribution in [3.63, 3.8) is 0 Å². The zero-order valence-corrected chi connectivity index (χ0v) is 14.9. The van der Waals surface area contributed by atoms with Crippen molar-refractivity contribution in [3.8, 4) is 0 Å². The highest BCUT2D eigenvalue weighted by atomic mass is 79.9. The van der Waals surface area contributed by atoms with Crippen molar-refractivity contribution >= 4 is 39.2 Å². The van der Waals surface area contributed by atoms with Gasteiger partial charge in [-0.3, -0.25) is 0 Å². The molecule has 0 bridgehead atoms. The van der Waals surface area contributed by atoms with Gasteiger partial charge >= 0.3 is 0 Å². The van der Waals surface area contributed by atoms with E-state index in [2.05, 4.69) is 62.7 Å². The maximum Gasteiger partial charge on any atom is 0.174 e. The topological polar surface area (TPSA) is 37.8 Å². The fourth-order valence-electron chi connectivity index (χ4n) is 1.66. The van der Waals surface area contributed by atoms with Crippen molar-refractivity contribution in [2.75, 3.05) is 6.54 Å². The predicted molar refractivity (Wildman–Crippen MR) is 89.5 cm³/mol. The van der Waals surface area contributed by atoms with Gasteiger partial charge in [-0.2, -0.15) is 4.37 Å². The Morgan fingerprint density at radius 3 is 2.85 bits per heavy atom. The molecule has 6 heteroatoms. The molecule has 3 nitrogen and oxygen atoms in total. The Morgan fingerprint density at radius 2 is 2.20 bits per heavy atom. The summed E-state index contributed by atoms with van der Waals surface area (Å²) in [6.45, 7) is 6.22. The minimum Gasteiger partial charge on any atom is -0.313 e. The summed E-state index contributed by atoms with van der Waals surface area (Å²) in [4.78, 5) is 5.67. The zero-order valence-electron chi connectivity index (χ0n) is 11.6. The Labute approximate surface area is 136 Å². The van der Waals surface area contributed by atoms with Gasteiger partial charge in [0.25, 0.3) is 0 Å². The number of nitrogens with zero attached hydrogens (tertiary/aromatic N) is 2. The van der Waals surface area contributed by atoms with Crippen LogP contribution in [0.3, 0.4) is 0 Å². The quantitative estimate of drug-likeness (QED) is 0.726.